The second-order valence-corrected chi connectivity index (χ2v) is 6.14. The summed E-state index contributed by atoms with van der Waals surface area (Å²) in [6.07, 6.45) is 0.511. The first-order chi connectivity index (χ1) is 8.99. The van der Waals surface area contributed by atoms with Gasteiger partial charge < -0.3 is 4.74 Å². The highest BCUT2D eigenvalue weighted by Crippen LogP contribution is 2.19. The van der Waals surface area contributed by atoms with Gasteiger partial charge in [0.2, 0.25) is 0 Å². The van der Waals surface area contributed by atoms with E-state index in [-0.39, 0.29) is 22.7 Å². The van der Waals surface area contributed by atoms with Crippen LogP contribution in [0.1, 0.15) is 23.7 Å². The van der Waals surface area contributed by atoms with E-state index in [0.717, 1.165) is 12.1 Å². The Labute approximate surface area is 112 Å². The van der Waals surface area contributed by atoms with E-state index >= 15 is 0 Å². The van der Waals surface area contributed by atoms with Gasteiger partial charge in [-0.2, -0.15) is 0 Å². The van der Waals surface area contributed by atoms with Gasteiger partial charge in [0.25, 0.3) is 0 Å². The van der Waals surface area contributed by atoms with Crippen LogP contribution in [0.25, 0.3) is 0 Å². The van der Waals surface area contributed by atoms with Gasteiger partial charge in [-0.25, -0.2) is 8.78 Å². The van der Waals surface area contributed by atoms with Crippen LogP contribution in [0.3, 0.4) is 0 Å². The highest BCUT2D eigenvalue weighted by Gasteiger charge is 2.30. The van der Waals surface area contributed by atoms with E-state index in [4.69, 9.17) is 4.74 Å². The zero-order chi connectivity index (χ0) is 14.0. The molecule has 0 bridgehead atoms. The van der Waals surface area contributed by atoms with Crippen LogP contribution in [-0.4, -0.2) is 33.7 Å². The van der Waals surface area contributed by atoms with Crippen LogP contribution in [0, 0.1) is 11.6 Å². The first-order valence-electron chi connectivity index (χ1n) is 5.96. The Balaban J connectivity index is 2.04. The summed E-state index contributed by atoms with van der Waals surface area (Å²) in [6.45, 7) is 2.36. The number of ether oxygens (including phenoxy) is 1. The van der Waals surface area contributed by atoms with Crippen LogP contribution in [0.2, 0.25) is 0 Å². The molecule has 0 amide bonds. The molecule has 1 saturated heterocycles. The number of hydrogen-bond acceptors (Lipinski definition) is 3. The van der Waals surface area contributed by atoms with Crippen molar-refractivity contribution in [1.29, 1.82) is 0 Å². The molecule has 0 radical (unpaired) electrons. The lowest BCUT2D eigenvalue weighted by Gasteiger charge is -2.13. The van der Waals surface area contributed by atoms with Crippen LogP contribution in [0.15, 0.2) is 18.2 Å². The molecule has 1 fully saturated rings. The summed E-state index contributed by atoms with van der Waals surface area (Å²) in [6, 6.07) is 2.93. The van der Waals surface area contributed by atoms with E-state index in [2.05, 4.69) is 0 Å². The summed E-state index contributed by atoms with van der Waals surface area (Å²) in [5.74, 6) is -2.72. The largest absolute Gasteiger partial charge is 0.377 e. The summed E-state index contributed by atoms with van der Waals surface area (Å²) < 4.78 is 43.1. The number of rotatable bonds is 4. The van der Waals surface area contributed by atoms with Crippen molar-refractivity contribution in [1.82, 2.24) is 0 Å². The molecule has 0 aliphatic carbocycles. The van der Waals surface area contributed by atoms with Crippen molar-refractivity contribution in [2.75, 3.05) is 12.4 Å². The topological polar surface area (TPSA) is 43.4 Å². The van der Waals surface area contributed by atoms with Crippen molar-refractivity contribution in [2.24, 2.45) is 0 Å². The minimum Gasteiger partial charge on any atom is -0.377 e. The van der Waals surface area contributed by atoms with Crippen molar-refractivity contribution in [3.05, 3.63) is 35.4 Å². The average molecular weight is 288 g/mol. The van der Waals surface area contributed by atoms with Crippen molar-refractivity contribution in [3.8, 4) is 0 Å². The standard InChI is InChI=1S/C13H14F2O3S/c1-8-13(4-5-18-8)19(17)7-12(16)9-2-3-10(14)11(15)6-9/h2-3,6,8,13H,4-5,7H2,1H3. The fourth-order valence-electron chi connectivity index (χ4n) is 2.05. The molecular formula is C13H14F2O3S. The monoisotopic (exact) mass is 288 g/mol. The Morgan fingerprint density at radius 3 is 2.74 bits per heavy atom. The Kier molecular flexibility index (Phi) is 4.42. The molecule has 1 heterocycles. The van der Waals surface area contributed by atoms with Crippen LogP contribution < -0.4 is 0 Å². The number of benzene rings is 1. The molecule has 0 aromatic heterocycles. The van der Waals surface area contributed by atoms with Crippen LogP contribution in [0.5, 0.6) is 0 Å². The zero-order valence-corrected chi connectivity index (χ0v) is 11.2. The van der Waals surface area contributed by atoms with Gasteiger partial charge in [0.15, 0.2) is 17.4 Å². The Bertz CT molecular complexity index is 519. The quantitative estimate of drug-likeness (QED) is 0.797. The predicted octanol–water partition coefficient (Wildman–Crippen LogP) is 2.07. The second-order valence-electron chi connectivity index (χ2n) is 4.48. The molecule has 1 aliphatic rings. The smallest absolute Gasteiger partial charge is 0.175 e. The summed E-state index contributed by atoms with van der Waals surface area (Å²) in [5.41, 5.74) is 0.0406. The SMILES string of the molecule is CC1OCCC1S(=O)CC(=O)c1ccc(F)c(F)c1. The Hall–Kier alpha value is -1.14. The molecule has 19 heavy (non-hydrogen) atoms. The van der Waals surface area contributed by atoms with E-state index in [0.29, 0.717) is 13.0 Å². The normalized spacial score (nSPS) is 24.4. The fraction of sp³-hybridized carbons (Fsp3) is 0.462. The molecule has 3 atom stereocenters. The maximum atomic E-state index is 13.0. The predicted molar refractivity (Wildman–Crippen MR) is 67.5 cm³/mol. The molecule has 0 N–H and O–H groups in total. The maximum absolute atomic E-state index is 13.0. The van der Waals surface area contributed by atoms with Gasteiger partial charge in [0.1, 0.15) is 0 Å². The van der Waals surface area contributed by atoms with Gasteiger partial charge >= 0.3 is 0 Å². The van der Waals surface area contributed by atoms with E-state index in [1.165, 1.54) is 6.07 Å². The number of ketones is 1. The third kappa shape index (κ3) is 3.25. The van der Waals surface area contributed by atoms with E-state index in [1.807, 2.05) is 6.92 Å². The van der Waals surface area contributed by atoms with Crippen molar-refractivity contribution < 1.29 is 22.5 Å². The number of carbonyl (C=O) groups is 1. The van der Waals surface area contributed by atoms with Crippen LogP contribution >= 0.6 is 0 Å². The van der Waals surface area contributed by atoms with Gasteiger partial charge in [-0.1, -0.05) is 0 Å². The molecule has 3 unspecified atom stereocenters. The van der Waals surface area contributed by atoms with Crippen LogP contribution in [-0.2, 0) is 15.5 Å². The highest BCUT2D eigenvalue weighted by atomic mass is 32.2. The fourth-order valence-corrected chi connectivity index (χ4v) is 3.55. The first kappa shape index (κ1) is 14.3. The van der Waals surface area contributed by atoms with Gasteiger partial charge in [-0.3, -0.25) is 9.00 Å². The van der Waals surface area contributed by atoms with E-state index in [1.54, 1.807) is 0 Å². The number of Topliss-reactive ketones (excluding diaryl/α,β-unsaturated/α-hetero) is 1. The summed E-state index contributed by atoms with van der Waals surface area (Å²) in [4.78, 5) is 11.9. The molecule has 0 spiro atoms. The lowest BCUT2D eigenvalue weighted by atomic mass is 10.1. The number of carbonyl (C=O) groups excluding carboxylic acids is 1. The van der Waals surface area contributed by atoms with Gasteiger partial charge in [0.05, 0.1) is 17.1 Å². The molecule has 1 aromatic rings. The van der Waals surface area contributed by atoms with Gasteiger partial charge in [-0.15, -0.1) is 0 Å². The molecular weight excluding hydrogens is 274 g/mol. The van der Waals surface area contributed by atoms with E-state index < -0.39 is 28.2 Å². The summed E-state index contributed by atoms with van der Waals surface area (Å²) in [5, 5.41) is -0.172. The van der Waals surface area contributed by atoms with Crippen molar-refractivity contribution in [2.45, 2.75) is 24.7 Å². The molecule has 6 heteroatoms. The molecule has 0 saturated carbocycles. The Morgan fingerprint density at radius 1 is 1.42 bits per heavy atom. The lowest BCUT2D eigenvalue weighted by molar-refractivity contribution is 0.102. The first-order valence-corrected chi connectivity index (χ1v) is 7.34. The van der Waals surface area contributed by atoms with Gasteiger partial charge in [-0.05, 0) is 31.5 Å². The lowest BCUT2D eigenvalue weighted by Crippen LogP contribution is -2.27. The van der Waals surface area contributed by atoms with Crippen molar-refractivity contribution >= 4 is 16.6 Å². The minimum atomic E-state index is -1.36. The summed E-state index contributed by atoms with van der Waals surface area (Å²) >= 11 is 0. The molecule has 2 rings (SSSR count). The average Bonchev–Trinajstić information content (AvgIpc) is 2.79. The third-order valence-electron chi connectivity index (χ3n) is 3.16. The summed E-state index contributed by atoms with van der Waals surface area (Å²) in [7, 11) is -1.36. The second kappa shape index (κ2) is 5.88. The van der Waals surface area contributed by atoms with Crippen molar-refractivity contribution in [3.63, 3.8) is 0 Å². The number of hydrogen-bond donors (Lipinski definition) is 0. The van der Waals surface area contributed by atoms with E-state index in [9.17, 15) is 17.8 Å². The maximum Gasteiger partial charge on any atom is 0.175 e. The highest BCUT2D eigenvalue weighted by molar-refractivity contribution is 7.86. The molecule has 3 nitrogen and oxygen atoms in total. The minimum absolute atomic E-state index is 0.0406. The zero-order valence-electron chi connectivity index (χ0n) is 10.4. The van der Waals surface area contributed by atoms with Crippen LogP contribution in [0.4, 0.5) is 8.78 Å². The Morgan fingerprint density at radius 2 is 2.16 bits per heavy atom. The molecule has 1 aliphatic heterocycles. The molecule has 1 aromatic carbocycles. The third-order valence-corrected chi connectivity index (χ3v) is 5.00. The number of halogens is 2. The molecule has 104 valence electrons. The van der Waals surface area contributed by atoms with Gasteiger partial charge in [0, 0.05) is 23.0 Å².